The second-order valence-electron chi connectivity index (χ2n) is 6.66. The molecular weight excluding hydrogens is 398 g/mol. The smallest absolute Gasteiger partial charge is 0.215 e. The van der Waals surface area contributed by atoms with Gasteiger partial charge in [0.25, 0.3) is 0 Å². The lowest BCUT2D eigenvalue weighted by atomic mass is 10.1. The van der Waals surface area contributed by atoms with Crippen molar-refractivity contribution in [1.82, 2.24) is 24.5 Å². The number of nitrogens with one attached hydrogen (secondary N) is 1. The molecule has 0 aliphatic rings. The van der Waals surface area contributed by atoms with Crippen molar-refractivity contribution < 1.29 is 4.74 Å². The number of nitriles is 2. The van der Waals surface area contributed by atoms with E-state index >= 15 is 0 Å². The van der Waals surface area contributed by atoms with Crippen molar-refractivity contribution >= 4 is 34.0 Å². The summed E-state index contributed by atoms with van der Waals surface area (Å²) in [5.41, 5.74) is 4.92. The number of hydrogen-bond donors (Lipinski definition) is 1. The van der Waals surface area contributed by atoms with E-state index in [-0.39, 0.29) is 0 Å². The number of allylic oxidation sites excluding steroid dienone is 1. The normalized spacial score (nSPS) is 11.5. The SMILES string of the molecule is COc1cc2nc(C(C#N)=Cc3cc(C)n(-c4sc(C)nc4C#N)c3C)[nH]c2cn1. The van der Waals surface area contributed by atoms with Crippen molar-refractivity contribution in [3.8, 4) is 23.0 Å². The van der Waals surface area contributed by atoms with Gasteiger partial charge in [0.15, 0.2) is 5.69 Å². The molecule has 30 heavy (non-hydrogen) atoms. The molecule has 1 N–H and O–H groups in total. The van der Waals surface area contributed by atoms with Gasteiger partial charge in [-0.1, -0.05) is 11.3 Å². The molecule has 0 radical (unpaired) electrons. The third kappa shape index (κ3) is 3.21. The van der Waals surface area contributed by atoms with Crippen LogP contribution in [0.25, 0.3) is 27.7 Å². The molecule has 0 bridgehead atoms. The molecule has 0 spiro atoms. The molecule has 4 rings (SSSR count). The number of H-pyrrole nitrogens is 1. The number of pyridine rings is 1. The van der Waals surface area contributed by atoms with Gasteiger partial charge in [-0.25, -0.2) is 15.0 Å². The number of ether oxygens (including phenoxy) is 1. The molecule has 0 aliphatic heterocycles. The summed E-state index contributed by atoms with van der Waals surface area (Å²) in [6.45, 7) is 5.80. The van der Waals surface area contributed by atoms with Crippen LogP contribution >= 0.6 is 11.3 Å². The Morgan fingerprint density at radius 1 is 1.23 bits per heavy atom. The third-order valence-electron chi connectivity index (χ3n) is 4.72. The van der Waals surface area contributed by atoms with Crippen LogP contribution in [0.1, 0.15) is 33.5 Å². The molecule has 0 saturated carbocycles. The van der Waals surface area contributed by atoms with E-state index in [1.807, 2.05) is 31.4 Å². The number of aryl methyl sites for hydroxylation is 2. The summed E-state index contributed by atoms with van der Waals surface area (Å²) >= 11 is 1.47. The quantitative estimate of drug-likeness (QED) is 0.502. The molecule has 0 atom stereocenters. The van der Waals surface area contributed by atoms with Crippen LogP contribution in [-0.2, 0) is 0 Å². The van der Waals surface area contributed by atoms with Gasteiger partial charge in [0.1, 0.15) is 23.0 Å². The van der Waals surface area contributed by atoms with Gasteiger partial charge in [0.05, 0.1) is 34.9 Å². The van der Waals surface area contributed by atoms with Gasteiger partial charge in [-0.05, 0) is 38.5 Å². The van der Waals surface area contributed by atoms with Crippen molar-refractivity contribution in [2.45, 2.75) is 20.8 Å². The van der Waals surface area contributed by atoms with Crippen molar-refractivity contribution in [1.29, 1.82) is 10.5 Å². The molecule has 4 aromatic heterocycles. The maximum absolute atomic E-state index is 9.76. The second-order valence-corrected chi connectivity index (χ2v) is 7.84. The summed E-state index contributed by atoms with van der Waals surface area (Å²) in [6.07, 6.45) is 3.42. The highest BCUT2D eigenvalue weighted by atomic mass is 32.1. The fraction of sp³-hybridized carbons (Fsp3) is 0.190. The molecule has 0 saturated heterocycles. The summed E-state index contributed by atoms with van der Waals surface area (Å²) in [6, 6.07) is 8.08. The van der Waals surface area contributed by atoms with E-state index < -0.39 is 0 Å². The van der Waals surface area contributed by atoms with Gasteiger partial charge >= 0.3 is 0 Å². The maximum atomic E-state index is 9.76. The highest BCUT2D eigenvalue weighted by Gasteiger charge is 2.18. The lowest BCUT2D eigenvalue weighted by Gasteiger charge is -2.06. The van der Waals surface area contributed by atoms with E-state index in [1.54, 1.807) is 25.4 Å². The first-order valence-electron chi connectivity index (χ1n) is 9.04. The van der Waals surface area contributed by atoms with Crippen molar-refractivity contribution in [3.63, 3.8) is 0 Å². The number of hydrogen-bond acceptors (Lipinski definition) is 7. The van der Waals surface area contributed by atoms with E-state index in [4.69, 9.17) is 4.74 Å². The van der Waals surface area contributed by atoms with Gasteiger partial charge in [0, 0.05) is 17.5 Å². The highest BCUT2D eigenvalue weighted by molar-refractivity contribution is 7.14. The highest BCUT2D eigenvalue weighted by Crippen LogP contribution is 2.30. The summed E-state index contributed by atoms with van der Waals surface area (Å²) in [5, 5.41) is 20.8. The Labute approximate surface area is 176 Å². The Morgan fingerprint density at radius 3 is 2.73 bits per heavy atom. The van der Waals surface area contributed by atoms with Crippen molar-refractivity contribution in [3.05, 3.63) is 51.8 Å². The van der Waals surface area contributed by atoms with E-state index in [9.17, 15) is 10.5 Å². The van der Waals surface area contributed by atoms with Crippen LogP contribution in [0, 0.1) is 43.4 Å². The van der Waals surface area contributed by atoms with Gasteiger partial charge in [-0.15, -0.1) is 0 Å². The molecule has 0 unspecified atom stereocenters. The minimum Gasteiger partial charge on any atom is -0.481 e. The van der Waals surface area contributed by atoms with Gasteiger partial charge in [0.2, 0.25) is 5.88 Å². The minimum absolute atomic E-state index is 0.395. The zero-order valence-electron chi connectivity index (χ0n) is 16.8. The van der Waals surface area contributed by atoms with Crippen LogP contribution in [0.3, 0.4) is 0 Å². The van der Waals surface area contributed by atoms with E-state index in [2.05, 4.69) is 32.1 Å². The number of nitrogens with zero attached hydrogens (tertiary/aromatic N) is 6. The summed E-state index contributed by atoms with van der Waals surface area (Å²) in [7, 11) is 1.54. The van der Waals surface area contributed by atoms with Crippen LogP contribution in [0.4, 0.5) is 0 Å². The molecule has 0 amide bonds. The molecule has 0 fully saturated rings. The molecular formula is C21H17N7OS. The van der Waals surface area contributed by atoms with Crippen molar-refractivity contribution in [2.75, 3.05) is 7.11 Å². The lowest BCUT2D eigenvalue weighted by molar-refractivity contribution is 0.398. The maximum Gasteiger partial charge on any atom is 0.215 e. The standard InChI is InChI=1S/C21H17N7OS/c1-11-5-14(12(2)28(11)21-17(9-23)25-13(3)30-21)6-15(8-22)20-26-16-7-19(29-4)24-10-18(16)27-20/h5-7,10H,1-4H3,(H,26,27). The van der Waals surface area contributed by atoms with Crippen LogP contribution in [0.5, 0.6) is 5.88 Å². The number of aromatic nitrogens is 5. The zero-order valence-corrected chi connectivity index (χ0v) is 17.6. The topological polar surface area (TPSA) is 116 Å². The Bertz CT molecular complexity index is 1390. The number of methoxy groups -OCH3 is 1. The molecule has 8 nitrogen and oxygen atoms in total. The Morgan fingerprint density at radius 2 is 2.03 bits per heavy atom. The Kier molecular flexibility index (Phi) is 4.82. The van der Waals surface area contributed by atoms with Gasteiger partial charge in [-0.3, -0.25) is 0 Å². The molecule has 4 heterocycles. The number of fused-ring (bicyclic) bond motifs is 1. The first kappa shape index (κ1) is 19.4. The van der Waals surface area contributed by atoms with E-state index in [0.717, 1.165) is 32.5 Å². The predicted octanol–water partition coefficient (Wildman–Crippen LogP) is 4.07. The fourth-order valence-electron chi connectivity index (χ4n) is 3.33. The van der Waals surface area contributed by atoms with Gasteiger partial charge in [-0.2, -0.15) is 10.5 Å². The second kappa shape index (κ2) is 7.47. The van der Waals surface area contributed by atoms with Crippen LogP contribution < -0.4 is 4.74 Å². The summed E-state index contributed by atoms with van der Waals surface area (Å²) < 4.78 is 7.13. The van der Waals surface area contributed by atoms with Crippen LogP contribution in [-0.4, -0.2) is 31.6 Å². The molecule has 148 valence electrons. The Hall–Kier alpha value is -3.95. The summed E-state index contributed by atoms with van der Waals surface area (Å²) in [5.74, 6) is 0.915. The predicted molar refractivity (Wildman–Crippen MR) is 114 cm³/mol. The molecule has 0 aromatic carbocycles. The van der Waals surface area contributed by atoms with Crippen LogP contribution in [0.15, 0.2) is 18.3 Å². The Balaban J connectivity index is 1.81. The molecule has 0 aliphatic carbocycles. The fourth-order valence-corrected chi connectivity index (χ4v) is 4.30. The largest absolute Gasteiger partial charge is 0.481 e. The van der Waals surface area contributed by atoms with E-state index in [1.165, 1.54) is 11.3 Å². The van der Waals surface area contributed by atoms with Crippen molar-refractivity contribution in [2.24, 2.45) is 0 Å². The van der Waals surface area contributed by atoms with Crippen LogP contribution in [0.2, 0.25) is 0 Å². The first-order valence-corrected chi connectivity index (χ1v) is 9.85. The zero-order chi connectivity index (χ0) is 21.4. The van der Waals surface area contributed by atoms with E-state index in [0.29, 0.717) is 28.5 Å². The third-order valence-corrected chi connectivity index (χ3v) is 5.68. The monoisotopic (exact) mass is 415 g/mol. The molecule has 9 heteroatoms. The lowest BCUT2D eigenvalue weighted by Crippen LogP contribution is -1.99. The number of aromatic amines is 1. The average molecular weight is 415 g/mol. The van der Waals surface area contributed by atoms with Gasteiger partial charge < -0.3 is 14.3 Å². The number of rotatable bonds is 4. The molecule has 4 aromatic rings. The minimum atomic E-state index is 0.395. The summed E-state index contributed by atoms with van der Waals surface area (Å²) in [4.78, 5) is 16.1. The number of thiazole rings is 1. The number of imidazole rings is 1. The first-order chi connectivity index (χ1) is 14.4. The average Bonchev–Trinajstić information content (AvgIpc) is 3.40.